The van der Waals surface area contributed by atoms with Gasteiger partial charge in [-0.05, 0) is 25.8 Å². The highest BCUT2D eigenvalue weighted by Gasteiger charge is 2.25. The average molecular weight is 207 g/mol. The zero-order valence-corrected chi connectivity index (χ0v) is 9.32. The Hall–Kier alpha value is -1.25. The SMILES string of the molecule is Cc1occc1C(=O)N(C)C1CCCC1. The monoisotopic (exact) mass is 207 g/mol. The number of hydrogen-bond acceptors (Lipinski definition) is 2. The van der Waals surface area contributed by atoms with Crippen molar-refractivity contribution in [1.29, 1.82) is 0 Å². The highest BCUT2D eigenvalue weighted by molar-refractivity contribution is 5.95. The lowest BCUT2D eigenvalue weighted by atomic mass is 10.1. The van der Waals surface area contributed by atoms with Gasteiger partial charge in [-0.2, -0.15) is 0 Å². The normalized spacial score (nSPS) is 16.9. The molecule has 0 saturated heterocycles. The molecular formula is C12H17NO2. The molecule has 0 aliphatic heterocycles. The van der Waals surface area contributed by atoms with Gasteiger partial charge in [-0.1, -0.05) is 12.8 Å². The lowest BCUT2D eigenvalue weighted by Crippen LogP contribution is -2.35. The maximum Gasteiger partial charge on any atom is 0.257 e. The molecule has 0 radical (unpaired) electrons. The lowest BCUT2D eigenvalue weighted by Gasteiger charge is -2.23. The van der Waals surface area contributed by atoms with Gasteiger partial charge in [-0.25, -0.2) is 0 Å². The molecule has 0 bridgehead atoms. The van der Waals surface area contributed by atoms with Crippen molar-refractivity contribution >= 4 is 5.91 Å². The van der Waals surface area contributed by atoms with Crippen molar-refractivity contribution < 1.29 is 9.21 Å². The second kappa shape index (κ2) is 4.09. The summed E-state index contributed by atoms with van der Waals surface area (Å²) in [5.74, 6) is 0.804. The van der Waals surface area contributed by atoms with E-state index in [1.807, 2.05) is 18.9 Å². The predicted octanol–water partition coefficient (Wildman–Crippen LogP) is 2.60. The fourth-order valence-electron chi connectivity index (χ4n) is 2.25. The van der Waals surface area contributed by atoms with Crippen LogP contribution in [0, 0.1) is 6.92 Å². The lowest BCUT2D eigenvalue weighted by molar-refractivity contribution is 0.0733. The Morgan fingerprint density at radius 2 is 2.13 bits per heavy atom. The summed E-state index contributed by atoms with van der Waals surface area (Å²) < 4.78 is 5.15. The van der Waals surface area contributed by atoms with Crippen LogP contribution in [0.25, 0.3) is 0 Å². The van der Waals surface area contributed by atoms with Crippen LogP contribution in [0.15, 0.2) is 16.7 Å². The molecule has 1 saturated carbocycles. The summed E-state index contributed by atoms with van der Waals surface area (Å²) in [6.45, 7) is 1.83. The quantitative estimate of drug-likeness (QED) is 0.746. The molecule has 1 aromatic heterocycles. The predicted molar refractivity (Wildman–Crippen MR) is 57.8 cm³/mol. The molecule has 0 unspecified atom stereocenters. The summed E-state index contributed by atoms with van der Waals surface area (Å²) in [5, 5.41) is 0. The molecule has 2 rings (SSSR count). The van der Waals surface area contributed by atoms with Gasteiger partial charge in [0.15, 0.2) is 0 Å². The van der Waals surface area contributed by atoms with E-state index in [1.165, 1.54) is 12.8 Å². The first-order chi connectivity index (χ1) is 7.20. The average Bonchev–Trinajstić information content (AvgIpc) is 2.85. The maximum atomic E-state index is 12.1. The molecule has 15 heavy (non-hydrogen) atoms. The molecule has 0 spiro atoms. The van der Waals surface area contributed by atoms with E-state index in [-0.39, 0.29) is 5.91 Å². The third-order valence-corrected chi connectivity index (χ3v) is 3.28. The van der Waals surface area contributed by atoms with Crippen LogP contribution in [-0.2, 0) is 0 Å². The number of aryl methyl sites for hydroxylation is 1. The van der Waals surface area contributed by atoms with Crippen LogP contribution >= 0.6 is 0 Å². The molecule has 0 atom stereocenters. The van der Waals surface area contributed by atoms with Gasteiger partial charge in [0.1, 0.15) is 5.76 Å². The number of carbonyl (C=O) groups is 1. The van der Waals surface area contributed by atoms with Gasteiger partial charge in [-0.15, -0.1) is 0 Å². The van der Waals surface area contributed by atoms with Crippen molar-refractivity contribution in [3.05, 3.63) is 23.7 Å². The van der Waals surface area contributed by atoms with Crippen LogP contribution in [-0.4, -0.2) is 23.9 Å². The van der Waals surface area contributed by atoms with Crippen LogP contribution in [0.1, 0.15) is 41.8 Å². The van der Waals surface area contributed by atoms with Gasteiger partial charge in [-0.3, -0.25) is 4.79 Å². The van der Waals surface area contributed by atoms with Gasteiger partial charge in [0.2, 0.25) is 0 Å². The zero-order valence-electron chi connectivity index (χ0n) is 9.32. The molecule has 1 aromatic rings. The Kier molecular flexibility index (Phi) is 2.80. The van der Waals surface area contributed by atoms with E-state index in [0.29, 0.717) is 17.4 Å². The number of amides is 1. The number of rotatable bonds is 2. The number of hydrogen-bond donors (Lipinski definition) is 0. The largest absolute Gasteiger partial charge is 0.469 e. The van der Waals surface area contributed by atoms with Crippen molar-refractivity contribution in [1.82, 2.24) is 4.90 Å². The molecular weight excluding hydrogens is 190 g/mol. The third kappa shape index (κ3) is 1.91. The molecule has 1 aliphatic rings. The van der Waals surface area contributed by atoms with Crippen LogP contribution in [0.4, 0.5) is 0 Å². The standard InChI is InChI=1S/C12H17NO2/c1-9-11(7-8-15-9)12(14)13(2)10-5-3-4-6-10/h7-8,10H,3-6H2,1-2H3. The first-order valence-corrected chi connectivity index (χ1v) is 5.51. The molecule has 82 valence electrons. The minimum absolute atomic E-state index is 0.0909. The molecule has 3 nitrogen and oxygen atoms in total. The summed E-state index contributed by atoms with van der Waals surface area (Å²) in [7, 11) is 1.89. The van der Waals surface area contributed by atoms with E-state index >= 15 is 0 Å². The molecule has 0 N–H and O–H groups in total. The van der Waals surface area contributed by atoms with Gasteiger partial charge >= 0.3 is 0 Å². The Balaban J connectivity index is 2.10. The Morgan fingerprint density at radius 3 is 2.67 bits per heavy atom. The van der Waals surface area contributed by atoms with Gasteiger partial charge < -0.3 is 9.32 Å². The highest BCUT2D eigenvalue weighted by Crippen LogP contribution is 2.24. The topological polar surface area (TPSA) is 33.5 Å². The Bertz CT molecular complexity index is 350. The zero-order chi connectivity index (χ0) is 10.8. The van der Waals surface area contributed by atoms with Gasteiger partial charge in [0.25, 0.3) is 5.91 Å². The summed E-state index contributed by atoms with van der Waals surface area (Å²) in [6.07, 6.45) is 6.34. The minimum atomic E-state index is 0.0909. The third-order valence-electron chi connectivity index (χ3n) is 3.28. The van der Waals surface area contributed by atoms with Crippen molar-refractivity contribution in [3.8, 4) is 0 Å². The second-order valence-corrected chi connectivity index (χ2v) is 4.24. The van der Waals surface area contributed by atoms with E-state index in [9.17, 15) is 4.79 Å². The Morgan fingerprint density at radius 1 is 1.47 bits per heavy atom. The summed E-state index contributed by atoms with van der Waals surface area (Å²) in [5.41, 5.74) is 0.699. The van der Waals surface area contributed by atoms with Crippen molar-refractivity contribution in [2.45, 2.75) is 38.6 Å². The van der Waals surface area contributed by atoms with Crippen molar-refractivity contribution in [3.63, 3.8) is 0 Å². The molecule has 1 aliphatic carbocycles. The number of furan rings is 1. The van der Waals surface area contributed by atoms with E-state index in [1.54, 1.807) is 12.3 Å². The van der Waals surface area contributed by atoms with Gasteiger partial charge in [0.05, 0.1) is 11.8 Å². The first kappa shape index (κ1) is 10.3. The van der Waals surface area contributed by atoms with Crippen molar-refractivity contribution in [2.24, 2.45) is 0 Å². The fraction of sp³-hybridized carbons (Fsp3) is 0.583. The minimum Gasteiger partial charge on any atom is -0.469 e. The number of carbonyl (C=O) groups excluding carboxylic acids is 1. The van der Waals surface area contributed by atoms with E-state index in [0.717, 1.165) is 12.8 Å². The molecule has 1 amide bonds. The van der Waals surface area contributed by atoms with Crippen LogP contribution < -0.4 is 0 Å². The molecule has 3 heteroatoms. The summed E-state index contributed by atoms with van der Waals surface area (Å²) in [6, 6.07) is 2.18. The first-order valence-electron chi connectivity index (χ1n) is 5.51. The molecule has 0 aromatic carbocycles. The summed E-state index contributed by atoms with van der Waals surface area (Å²) in [4.78, 5) is 13.9. The fourth-order valence-corrected chi connectivity index (χ4v) is 2.25. The number of nitrogens with zero attached hydrogens (tertiary/aromatic N) is 1. The van der Waals surface area contributed by atoms with Crippen LogP contribution in [0.2, 0.25) is 0 Å². The maximum absolute atomic E-state index is 12.1. The van der Waals surface area contributed by atoms with Crippen LogP contribution in [0.3, 0.4) is 0 Å². The van der Waals surface area contributed by atoms with E-state index in [2.05, 4.69) is 0 Å². The molecule has 1 heterocycles. The highest BCUT2D eigenvalue weighted by atomic mass is 16.3. The second-order valence-electron chi connectivity index (χ2n) is 4.24. The van der Waals surface area contributed by atoms with Crippen molar-refractivity contribution in [2.75, 3.05) is 7.05 Å². The van der Waals surface area contributed by atoms with Crippen LogP contribution in [0.5, 0.6) is 0 Å². The smallest absolute Gasteiger partial charge is 0.257 e. The van der Waals surface area contributed by atoms with Gasteiger partial charge in [0, 0.05) is 13.1 Å². The van der Waals surface area contributed by atoms with E-state index in [4.69, 9.17) is 4.42 Å². The Labute approximate surface area is 90.1 Å². The molecule has 1 fully saturated rings. The van der Waals surface area contributed by atoms with E-state index < -0.39 is 0 Å². The summed E-state index contributed by atoms with van der Waals surface area (Å²) >= 11 is 0.